The van der Waals surface area contributed by atoms with Crippen LogP contribution in [0.2, 0.25) is 0 Å². The molecule has 0 unspecified atom stereocenters. The van der Waals surface area contributed by atoms with Gasteiger partial charge in [-0.2, -0.15) is 0 Å². The fourth-order valence-electron chi connectivity index (χ4n) is 1.16. The van der Waals surface area contributed by atoms with Crippen LogP contribution in [0.25, 0.3) is 0 Å². The van der Waals surface area contributed by atoms with Crippen LogP contribution in [0.5, 0.6) is 5.75 Å². The Balaban J connectivity index is 0.00000196. The summed E-state index contributed by atoms with van der Waals surface area (Å²) in [6.45, 7) is 1.66. The molecule has 0 heterocycles. The first-order chi connectivity index (χ1) is 6.36. The van der Waals surface area contributed by atoms with Gasteiger partial charge in [0.1, 0.15) is 10.6 Å². The van der Waals surface area contributed by atoms with Gasteiger partial charge in [-0.3, -0.25) is 0 Å². The highest BCUT2D eigenvalue weighted by Gasteiger charge is 2.19. The molecule has 1 aromatic rings. The van der Waals surface area contributed by atoms with E-state index < -0.39 is 9.05 Å². The third-order valence-corrected chi connectivity index (χ3v) is 3.60. The highest BCUT2D eigenvalue weighted by Crippen LogP contribution is 2.33. The van der Waals surface area contributed by atoms with Gasteiger partial charge in [0.05, 0.1) is 7.11 Å². The molecule has 86 valence electrons. The van der Waals surface area contributed by atoms with Crippen molar-refractivity contribution in [3.63, 3.8) is 0 Å². The summed E-state index contributed by atoms with van der Waals surface area (Å²) >= 11 is 3.24. The Labute approximate surface area is 112 Å². The summed E-state index contributed by atoms with van der Waals surface area (Å²) in [5.41, 5.74) is 0.547. The average molecular weight is 380 g/mol. The number of benzene rings is 1. The van der Waals surface area contributed by atoms with Gasteiger partial charge in [0, 0.05) is 15.2 Å². The van der Waals surface area contributed by atoms with Crippen LogP contribution in [-0.2, 0) is 9.05 Å². The molecule has 0 aliphatic rings. The minimum absolute atomic E-state index is 0. The van der Waals surface area contributed by atoms with Gasteiger partial charge in [0.2, 0.25) is 0 Å². The normalized spacial score (nSPS) is 10.7. The molecule has 15 heavy (non-hydrogen) atoms. The van der Waals surface area contributed by atoms with Crippen molar-refractivity contribution >= 4 is 52.6 Å². The lowest BCUT2D eigenvalue weighted by Gasteiger charge is -2.08. The third-order valence-electron chi connectivity index (χ3n) is 1.67. The zero-order valence-corrected chi connectivity index (χ0v) is 12.8. The molecule has 7 heteroatoms. The fraction of sp³-hybridized carbons (Fsp3) is 0.250. The lowest BCUT2D eigenvalue weighted by Crippen LogP contribution is -1.99. The first kappa shape index (κ1) is 15.2. The molecule has 0 N–H and O–H groups in total. The van der Waals surface area contributed by atoms with Gasteiger partial charge in [-0.25, -0.2) is 8.42 Å². The minimum Gasteiger partial charge on any atom is -0.495 e. The molecule has 0 aromatic heterocycles. The van der Waals surface area contributed by atoms with Crippen molar-refractivity contribution in [1.29, 1.82) is 0 Å². The average Bonchev–Trinajstić information content (AvgIpc) is 1.99. The van der Waals surface area contributed by atoms with Crippen molar-refractivity contribution in [1.82, 2.24) is 0 Å². The second-order valence-electron chi connectivity index (χ2n) is 2.69. The Morgan fingerprint density at radius 2 is 1.93 bits per heavy atom. The maximum atomic E-state index is 11.2. The van der Waals surface area contributed by atoms with Crippen LogP contribution in [0.3, 0.4) is 0 Å². The zero-order valence-electron chi connectivity index (χ0n) is 7.95. The van der Waals surface area contributed by atoms with Gasteiger partial charge in [-0.1, -0.05) is 15.9 Å². The predicted octanol–water partition coefficient (Wildman–Crippen LogP) is 3.27. The SMILES string of the molecule is Br.COc1cc(Br)cc(C)c1S(=O)(=O)Cl. The van der Waals surface area contributed by atoms with E-state index in [0.717, 1.165) is 4.47 Å². The maximum Gasteiger partial charge on any atom is 0.265 e. The molecule has 0 aliphatic carbocycles. The lowest BCUT2D eigenvalue weighted by molar-refractivity contribution is 0.402. The van der Waals surface area contributed by atoms with Crippen LogP contribution in [0.1, 0.15) is 5.56 Å². The lowest BCUT2D eigenvalue weighted by atomic mass is 10.2. The van der Waals surface area contributed by atoms with E-state index in [4.69, 9.17) is 15.4 Å². The van der Waals surface area contributed by atoms with E-state index in [1.807, 2.05) is 0 Å². The van der Waals surface area contributed by atoms with Crippen LogP contribution in [0.15, 0.2) is 21.5 Å². The van der Waals surface area contributed by atoms with Crippen molar-refractivity contribution < 1.29 is 13.2 Å². The van der Waals surface area contributed by atoms with Crippen molar-refractivity contribution in [2.75, 3.05) is 7.11 Å². The van der Waals surface area contributed by atoms with Crippen LogP contribution >= 0.6 is 43.6 Å². The molecule has 3 nitrogen and oxygen atoms in total. The molecule has 0 radical (unpaired) electrons. The zero-order chi connectivity index (χ0) is 10.9. The van der Waals surface area contributed by atoms with Crippen molar-refractivity contribution in [3.8, 4) is 5.75 Å². The number of hydrogen-bond donors (Lipinski definition) is 0. The van der Waals surface area contributed by atoms with Crippen LogP contribution in [0.4, 0.5) is 0 Å². The van der Waals surface area contributed by atoms with Gasteiger partial charge in [-0.05, 0) is 24.6 Å². The largest absolute Gasteiger partial charge is 0.495 e. The summed E-state index contributed by atoms with van der Waals surface area (Å²) in [5.74, 6) is 0.242. The predicted molar refractivity (Wildman–Crippen MR) is 68.8 cm³/mol. The molecule has 0 bridgehead atoms. The summed E-state index contributed by atoms with van der Waals surface area (Å²) in [6, 6.07) is 3.22. The van der Waals surface area contributed by atoms with E-state index in [-0.39, 0.29) is 27.6 Å². The molecule has 1 aromatic carbocycles. The Bertz CT molecular complexity index is 459. The second-order valence-corrected chi connectivity index (χ2v) is 6.11. The number of rotatable bonds is 2. The molecule has 0 fully saturated rings. The first-order valence-corrected chi connectivity index (χ1v) is 6.75. The summed E-state index contributed by atoms with van der Waals surface area (Å²) in [7, 11) is 2.91. The van der Waals surface area contributed by atoms with Gasteiger partial charge in [0.25, 0.3) is 9.05 Å². The Morgan fingerprint density at radius 1 is 1.40 bits per heavy atom. The highest BCUT2D eigenvalue weighted by molar-refractivity contribution is 9.10. The van der Waals surface area contributed by atoms with E-state index >= 15 is 0 Å². The van der Waals surface area contributed by atoms with E-state index in [1.165, 1.54) is 7.11 Å². The number of halogens is 3. The summed E-state index contributed by atoms with van der Waals surface area (Å²) in [5, 5.41) is 0. The van der Waals surface area contributed by atoms with Crippen LogP contribution < -0.4 is 4.74 Å². The van der Waals surface area contributed by atoms with Crippen LogP contribution in [0, 0.1) is 6.92 Å². The molecule has 0 saturated carbocycles. The maximum absolute atomic E-state index is 11.2. The Kier molecular flexibility index (Phi) is 5.60. The first-order valence-electron chi connectivity index (χ1n) is 3.65. The fourth-order valence-corrected chi connectivity index (χ4v) is 3.13. The van der Waals surface area contributed by atoms with E-state index in [1.54, 1.807) is 19.1 Å². The van der Waals surface area contributed by atoms with E-state index in [0.29, 0.717) is 5.56 Å². The van der Waals surface area contributed by atoms with Crippen molar-refractivity contribution in [2.24, 2.45) is 0 Å². The van der Waals surface area contributed by atoms with Gasteiger partial charge in [-0.15, -0.1) is 17.0 Å². The second kappa shape index (κ2) is 5.52. The molecule has 0 aliphatic heterocycles. The highest BCUT2D eigenvalue weighted by atomic mass is 79.9. The molecule has 0 amide bonds. The molecular weight excluding hydrogens is 371 g/mol. The molecule has 0 spiro atoms. The van der Waals surface area contributed by atoms with E-state index in [2.05, 4.69) is 15.9 Å². The van der Waals surface area contributed by atoms with E-state index in [9.17, 15) is 8.42 Å². The third kappa shape index (κ3) is 3.62. The molecule has 0 atom stereocenters. The number of aryl methyl sites for hydroxylation is 1. The monoisotopic (exact) mass is 378 g/mol. The summed E-state index contributed by atoms with van der Waals surface area (Å²) in [6.07, 6.45) is 0. The van der Waals surface area contributed by atoms with Gasteiger partial charge in [0.15, 0.2) is 0 Å². The van der Waals surface area contributed by atoms with Gasteiger partial charge < -0.3 is 4.74 Å². The Hall–Kier alpha value is 0.220. The number of methoxy groups -OCH3 is 1. The van der Waals surface area contributed by atoms with Crippen molar-refractivity contribution in [3.05, 3.63) is 22.2 Å². The minimum atomic E-state index is -3.77. The summed E-state index contributed by atoms with van der Waals surface area (Å²) in [4.78, 5) is 0.0184. The molecule has 0 saturated heterocycles. The Morgan fingerprint density at radius 3 is 2.33 bits per heavy atom. The van der Waals surface area contributed by atoms with Gasteiger partial charge >= 0.3 is 0 Å². The van der Waals surface area contributed by atoms with Crippen molar-refractivity contribution in [2.45, 2.75) is 11.8 Å². The molecular formula is C8H9Br2ClO3S. The standard InChI is InChI=1S/C8H8BrClO3S.BrH/c1-5-3-6(9)4-7(13-2)8(5)14(10,11)12;/h3-4H,1-2H3;1H. The topological polar surface area (TPSA) is 43.4 Å². The smallest absolute Gasteiger partial charge is 0.265 e. The number of ether oxygens (including phenoxy) is 1. The quantitative estimate of drug-likeness (QED) is 0.740. The molecule has 1 rings (SSSR count). The van der Waals surface area contributed by atoms with Crippen LogP contribution in [-0.4, -0.2) is 15.5 Å². The summed E-state index contributed by atoms with van der Waals surface area (Å²) < 4.78 is 28.1. The number of hydrogen-bond acceptors (Lipinski definition) is 3.